The lowest BCUT2D eigenvalue weighted by molar-refractivity contribution is -0.117. The van der Waals surface area contributed by atoms with Gasteiger partial charge in [0.05, 0.1) is 6.54 Å². The first-order valence-electron chi connectivity index (χ1n) is 12.0. The van der Waals surface area contributed by atoms with E-state index in [4.69, 9.17) is 0 Å². The monoisotopic (exact) mass is 438 g/mol. The second-order valence-electron chi connectivity index (χ2n) is 8.87. The van der Waals surface area contributed by atoms with Crippen LogP contribution in [-0.4, -0.2) is 38.1 Å². The Balaban J connectivity index is 0.00000176. The summed E-state index contributed by atoms with van der Waals surface area (Å²) < 4.78 is 0. The molecule has 0 spiro atoms. The van der Waals surface area contributed by atoms with Gasteiger partial charge in [-0.25, -0.2) is 0 Å². The van der Waals surface area contributed by atoms with Crippen LogP contribution in [0.5, 0.6) is 0 Å². The number of aromatic nitrogens is 1. The van der Waals surface area contributed by atoms with Gasteiger partial charge in [0.15, 0.2) is 0 Å². The number of likely N-dealkylation sites (N-methyl/N-ethyl adjacent to an activating group) is 2. The maximum absolute atomic E-state index is 12.4. The van der Waals surface area contributed by atoms with Crippen LogP contribution >= 0.6 is 0 Å². The Morgan fingerprint density at radius 3 is 2.53 bits per heavy atom. The van der Waals surface area contributed by atoms with Crippen molar-refractivity contribution in [3.63, 3.8) is 0 Å². The highest BCUT2D eigenvalue weighted by Gasteiger charge is 2.28. The summed E-state index contributed by atoms with van der Waals surface area (Å²) in [6, 6.07) is 8.44. The summed E-state index contributed by atoms with van der Waals surface area (Å²) >= 11 is 0. The Kier molecular flexibility index (Phi) is 9.14. The number of nitrogens with one attached hydrogen (secondary N) is 3. The van der Waals surface area contributed by atoms with Crippen molar-refractivity contribution in [3.8, 4) is 0 Å². The molecule has 32 heavy (non-hydrogen) atoms. The van der Waals surface area contributed by atoms with Crippen LogP contribution in [0.2, 0.25) is 0 Å². The molecular weight excluding hydrogens is 396 g/mol. The summed E-state index contributed by atoms with van der Waals surface area (Å²) in [5.74, 6) is 0.0777. The Hall–Kier alpha value is -2.53. The van der Waals surface area contributed by atoms with Crippen LogP contribution in [0.1, 0.15) is 66.5 Å². The molecule has 1 aromatic heterocycles. The van der Waals surface area contributed by atoms with Crippen LogP contribution in [0, 0.1) is 5.41 Å². The van der Waals surface area contributed by atoms with Crippen LogP contribution in [0.4, 0.5) is 5.69 Å². The second kappa shape index (κ2) is 11.4. The van der Waals surface area contributed by atoms with Crippen LogP contribution in [0.3, 0.4) is 0 Å². The van der Waals surface area contributed by atoms with E-state index < -0.39 is 0 Å². The standard InChI is InChI=1S/C25H36N4O.C2H6/c1-7-19(20-11-12-25(3,4)15-23(20)27-6)22-13-17-9-10-18(14-21(17)28-22)29(8-2)24(30)16-26-5;1-2/h7,9-10,13-14,26-28H,8,11-12,15-16H2,1-6H3;1-2H3/b19-7-;. The third-order valence-electron chi connectivity index (χ3n) is 6.14. The molecule has 1 aliphatic carbocycles. The van der Waals surface area contributed by atoms with Crippen molar-refractivity contribution in [2.75, 3.05) is 32.1 Å². The molecule has 3 rings (SSSR count). The average Bonchev–Trinajstić information content (AvgIpc) is 3.20. The van der Waals surface area contributed by atoms with Crippen molar-refractivity contribution in [2.45, 2.75) is 60.8 Å². The highest BCUT2D eigenvalue weighted by atomic mass is 16.2. The van der Waals surface area contributed by atoms with Gasteiger partial charge in [0.25, 0.3) is 0 Å². The smallest absolute Gasteiger partial charge is 0.240 e. The zero-order valence-corrected chi connectivity index (χ0v) is 21.3. The number of amides is 1. The molecule has 5 heteroatoms. The topological polar surface area (TPSA) is 60.2 Å². The fraction of sp³-hybridized carbons (Fsp3) is 0.519. The number of aromatic amines is 1. The van der Waals surface area contributed by atoms with Crippen molar-refractivity contribution >= 4 is 28.1 Å². The zero-order valence-electron chi connectivity index (χ0n) is 21.3. The highest BCUT2D eigenvalue weighted by molar-refractivity contribution is 5.97. The predicted molar refractivity (Wildman–Crippen MR) is 139 cm³/mol. The predicted octanol–water partition coefficient (Wildman–Crippen LogP) is 5.85. The van der Waals surface area contributed by atoms with Gasteiger partial charge in [0.1, 0.15) is 0 Å². The Morgan fingerprint density at radius 2 is 1.94 bits per heavy atom. The van der Waals surface area contributed by atoms with Crippen molar-refractivity contribution in [1.82, 2.24) is 15.6 Å². The largest absolute Gasteiger partial charge is 0.391 e. The lowest BCUT2D eigenvalue weighted by Gasteiger charge is -2.34. The van der Waals surface area contributed by atoms with Crippen molar-refractivity contribution in [2.24, 2.45) is 5.41 Å². The molecule has 1 amide bonds. The van der Waals surface area contributed by atoms with E-state index in [1.807, 2.05) is 38.8 Å². The molecule has 0 fully saturated rings. The molecule has 1 aliphatic rings. The van der Waals surface area contributed by atoms with E-state index in [0.29, 0.717) is 18.5 Å². The van der Waals surface area contributed by atoms with Gasteiger partial charge in [-0.2, -0.15) is 0 Å². The molecular formula is C27H42N4O. The minimum absolute atomic E-state index is 0.0777. The van der Waals surface area contributed by atoms with E-state index in [2.05, 4.69) is 60.7 Å². The van der Waals surface area contributed by atoms with Crippen molar-refractivity contribution < 1.29 is 4.79 Å². The van der Waals surface area contributed by atoms with Gasteiger partial charge >= 0.3 is 0 Å². The third-order valence-corrected chi connectivity index (χ3v) is 6.14. The Labute approximate surface area is 194 Å². The first-order chi connectivity index (χ1) is 15.3. The molecule has 0 atom stereocenters. The number of hydrogen-bond acceptors (Lipinski definition) is 3. The highest BCUT2D eigenvalue weighted by Crippen LogP contribution is 2.42. The summed E-state index contributed by atoms with van der Waals surface area (Å²) in [6.07, 6.45) is 5.55. The SMILES string of the molecule is C/C=C(/C1=C(NC)CC(C)(C)CC1)c1cc2ccc(N(CC)C(=O)CNC)cc2[nH]1.CC. The van der Waals surface area contributed by atoms with Crippen LogP contribution < -0.4 is 15.5 Å². The quantitative estimate of drug-likeness (QED) is 0.508. The number of carbonyl (C=O) groups is 1. The van der Waals surface area contributed by atoms with Gasteiger partial charge in [-0.3, -0.25) is 4.79 Å². The zero-order chi connectivity index (χ0) is 23.9. The van der Waals surface area contributed by atoms with Gasteiger partial charge in [-0.15, -0.1) is 0 Å². The van der Waals surface area contributed by atoms with Crippen LogP contribution in [-0.2, 0) is 4.79 Å². The molecule has 176 valence electrons. The minimum Gasteiger partial charge on any atom is -0.391 e. The van der Waals surface area contributed by atoms with Crippen LogP contribution in [0.25, 0.3) is 16.5 Å². The first kappa shape index (κ1) is 25.7. The van der Waals surface area contributed by atoms with E-state index in [1.165, 1.54) is 23.3 Å². The lowest BCUT2D eigenvalue weighted by atomic mass is 9.74. The number of allylic oxidation sites excluding steroid dienone is 4. The summed E-state index contributed by atoms with van der Waals surface area (Å²) in [5.41, 5.74) is 7.47. The van der Waals surface area contributed by atoms with Gasteiger partial charge in [-0.1, -0.05) is 39.8 Å². The van der Waals surface area contributed by atoms with Gasteiger partial charge < -0.3 is 20.5 Å². The Bertz CT molecular complexity index is 981. The maximum atomic E-state index is 12.4. The summed E-state index contributed by atoms with van der Waals surface area (Å²) in [7, 11) is 3.83. The summed E-state index contributed by atoms with van der Waals surface area (Å²) in [5, 5.41) is 7.57. The number of nitrogens with zero attached hydrogens (tertiary/aromatic N) is 1. The van der Waals surface area contributed by atoms with E-state index in [-0.39, 0.29) is 5.91 Å². The van der Waals surface area contributed by atoms with E-state index in [9.17, 15) is 4.79 Å². The molecule has 1 heterocycles. The molecule has 2 aromatic rings. The number of fused-ring (bicyclic) bond motifs is 1. The number of H-pyrrole nitrogens is 1. The van der Waals surface area contributed by atoms with E-state index in [1.54, 1.807) is 7.05 Å². The molecule has 3 N–H and O–H groups in total. The van der Waals surface area contributed by atoms with E-state index in [0.717, 1.165) is 35.1 Å². The first-order valence-corrected chi connectivity index (χ1v) is 12.0. The van der Waals surface area contributed by atoms with Gasteiger partial charge in [-0.05, 0) is 74.9 Å². The lowest BCUT2D eigenvalue weighted by Crippen LogP contribution is -2.37. The van der Waals surface area contributed by atoms with Gasteiger partial charge in [0, 0.05) is 41.6 Å². The summed E-state index contributed by atoms with van der Waals surface area (Å²) in [6.45, 7) is 13.8. The number of hydrogen-bond donors (Lipinski definition) is 3. The number of benzene rings is 1. The molecule has 5 nitrogen and oxygen atoms in total. The average molecular weight is 439 g/mol. The van der Waals surface area contributed by atoms with E-state index >= 15 is 0 Å². The molecule has 0 saturated heterocycles. The summed E-state index contributed by atoms with van der Waals surface area (Å²) in [4.78, 5) is 17.9. The molecule has 0 aliphatic heterocycles. The molecule has 0 unspecified atom stereocenters. The normalized spacial score (nSPS) is 15.9. The fourth-order valence-electron chi connectivity index (χ4n) is 4.49. The Morgan fingerprint density at radius 1 is 1.22 bits per heavy atom. The fourth-order valence-corrected chi connectivity index (χ4v) is 4.49. The van der Waals surface area contributed by atoms with Crippen molar-refractivity contribution in [3.05, 3.63) is 47.3 Å². The number of anilines is 1. The molecule has 1 aromatic carbocycles. The number of rotatable bonds is 7. The van der Waals surface area contributed by atoms with Crippen LogP contribution in [0.15, 0.2) is 41.6 Å². The molecule has 0 saturated carbocycles. The second-order valence-corrected chi connectivity index (χ2v) is 8.87. The molecule has 0 bridgehead atoms. The maximum Gasteiger partial charge on any atom is 0.240 e. The van der Waals surface area contributed by atoms with Crippen molar-refractivity contribution in [1.29, 1.82) is 0 Å². The third kappa shape index (κ3) is 5.63. The number of carbonyl (C=O) groups excluding carboxylic acids is 1. The van der Waals surface area contributed by atoms with Gasteiger partial charge in [0.2, 0.25) is 5.91 Å². The minimum atomic E-state index is 0.0777. The molecule has 0 radical (unpaired) electrons.